The summed E-state index contributed by atoms with van der Waals surface area (Å²) in [6, 6.07) is 13.1. The number of likely N-dealkylation sites (tertiary alicyclic amines) is 1. The number of nitrogens with one attached hydrogen (secondary N) is 1. The van der Waals surface area contributed by atoms with E-state index in [1.54, 1.807) is 12.1 Å². The van der Waals surface area contributed by atoms with Crippen LogP contribution in [-0.2, 0) is 16.2 Å². The quantitative estimate of drug-likeness (QED) is 0.348. The third-order valence-electron chi connectivity index (χ3n) is 5.44. The molecule has 4 rings (SSSR count). The normalized spacial score (nSPS) is 16.7. The predicted molar refractivity (Wildman–Crippen MR) is 132 cm³/mol. The molecule has 1 unspecified atom stereocenters. The topological polar surface area (TPSA) is 67.9 Å². The van der Waals surface area contributed by atoms with E-state index in [-0.39, 0.29) is 10.6 Å². The van der Waals surface area contributed by atoms with Crippen LogP contribution < -0.4 is 14.2 Å². The van der Waals surface area contributed by atoms with E-state index in [4.69, 9.17) is 32.7 Å². The number of sulfonamides is 1. The zero-order valence-corrected chi connectivity index (χ0v) is 21.2. The third-order valence-corrected chi connectivity index (χ3v) is 7.58. The van der Waals surface area contributed by atoms with Crippen LogP contribution in [0.3, 0.4) is 0 Å². The van der Waals surface area contributed by atoms with E-state index in [1.807, 2.05) is 11.9 Å². The summed E-state index contributed by atoms with van der Waals surface area (Å²) >= 11 is 11.9. The van der Waals surface area contributed by atoms with Gasteiger partial charge in [0.05, 0.1) is 26.2 Å². The minimum atomic E-state index is -4.65. The first-order chi connectivity index (χ1) is 16.9. The van der Waals surface area contributed by atoms with Gasteiger partial charge in [-0.25, -0.2) is 8.42 Å². The number of nitrogens with zero attached hydrogens (tertiary/aromatic N) is 1. The van der Waals surface area contributed by atoms with Crippen LogP contribution >= 0.6 is 23.2 Å². The van der Waals surface area contributed by atoms with Gasteiger partial charge in [-0.3, -0.25) is 4.72 Å². The molecule has 1 saturated heterocycles. The molecule has 1 N–H and O–H groups in total. The summed E-state index contributed by atoms with van der Waals surface area (Å²) in [4.78, 5) is 1.84. The number of anilines is 1. The van der Waals surface area contributed by atoms with Crippen LogP contribution in [0.25, 0.3) is 0 Å². The maximum atomic E-state index is 13.5. The van der Waals surface area contributed by atoms with Crippen LogP contribution in [0.4, 0.5) is 18.9 Å². The monoisotopic (exact) mass is 560 g/mol. The highest BCUT2D eigenvalue weighted by Gasteiger charge is 2.36. The lowest BCUT2D eigenvalue weighted by Gasteiger charge is -2.19. The molecular weight excluding hydrogens is 540 g/mol. The molecule has 0 aromatic heterocycles. The zero-order valence-electron chi connectivity index (χ0n) is 18.9. The molecule has 0 bridgehead atoms. The Morgan fingerprint density at radius 2 is 1.67 bits per heavy atom. The van der Waals surface area contributed by atoms with Gasteiger partial charge in [0.1, 0.15) is 23.4 Å². The molecule has 6 nitrogen and oxygen atoms in total. The molecule has 1 aliphatic rings. The van der Waals surface area contributed by atoms with E-state index < -0.39 is 33.6 Å². The highest BCUT2D eigenvalue weighted by atomic mass is 35.5. The fourth-order valence-corrected chi connectivity index (χ4v) is 5.00. The van der Waals surface area contributed by atoms with Crippen LogP contribution in [0.5, 0.6) is 17.2 Å². The van der Waals surface area contributed by atoms with E-state index in [9.17, 15) is 21.6 Å². The number of likely N-dealkylation sites (N-methyl/N-ethyl adjacent to an activating group) is 1. The van der Waals surface area contributed by atoms with E-state index in [0.29, 0.717) is 41.1 Å². The highest BCUT2D eigenvalue weighted by Crippen LogP contribution is 2.39. The van der Waals surface area contributed by atoms with Crippen LogP contribution in [-0.4, -0.2) is 39.6 Å². The van der Waals surface area contributed by atoms with Crippen molar-refractivity contribution >= 4 is 38.9 Å². The maximum absolute atomic E-state index is 13.5. The molecule has 0 aliphatic carbocycles. The fourth-order valence-electron chi connectivity index (χ4n) is 3.67. The molecular formula is C24H21Cl2F3N2O4S. The molecule has 12 heteroatoms. The van der Waals surface area contributed by atoms with Gasteiger partial charge in [0, 0.05) is 25.2 Å². The highest BCUT2D eigenvalue weighted by molar-refractivity contribution is 7.92. The van der Waals surface area contributed by atoms with E-state index in [1.165, 1.54) is 30.3 Å². The van der Waals surface area contributed by atoms with E-state index >= 15 is 0 Å². The van der Waals surface area contributed by atoms with Gasteiger partial charge < -0.3 is 14.4 Å². The number of rotatable bonds is 7. The maximum Gasteiger partial charge on any atom is 0.419 e. The fraction of sp³-hybridized carbons (Fsp3) is 0.250. The van der Waals surface area contributed by atoms with E-state index in [0.717, 1.165) is 18.2 Å². The molecule has 1 fully saturated rings. The first kappa shape index (κ1) is 26.4. The number of benzene rings is 3. The number of ether oxygens (including phenoxy) is 2. The Morgan fingerprint density at radius 1 is 0.972 bits per heavy atom. The molecule has 0 spiro atoms. The lowest BCUT2D eigenvalue weighted by atomic mass is 10.1. The SMILES string of the molecule is CN1CCC(Oc2cc(NS(=O)(=O)c3ccc(Oc4ccc(Cl)c(Cl)c4)cc3)ccc2C(F)(F)F)C1. The smallest absolute Gasteiger partial charge is 0.419 e. The summed E-state index contributed by atoms with van der Waals surface area (Å²) in [6.45, 7) is 1.17. The van der Waals surface area contributed by atoms with Crippen LogP contribution in [0.1, 0.15) is 12.0 Å². The van der Waals surface area contributed by atoms with Gasteiger partial charge in [-0.2, -0.15) is 13.2 Å². The average Bonchev–Trinajstić information content (AvgIpc) is 3.20. The molecule has 1 atom stereocenters. The van der Waals surface area contributed by atoms with Gasteiger partial charge in [-0.15, -0.1) is 0 Å². The minimum absolute atomic E-state index is 0.0551. The largest absolute Gasteiger partial charge is 0.488 e. The summed E-state index contributed by atoms with van der Waals surface area (Å²) in [7, 11) is -2.26. The number of halogens is 5. The third kappa shape index (κ3) is 6.36. The van der Waals surface area contributed by atoms with Gasteiger partial charge in [-0.1, -0.05) is 23.2 Å². The minimum Gasteiger partial charge on any atom is -0.488 e. The second-order valence-electron chi connectivity index (χ2n) is 8.25. The van der Waals surface area contributed by atoms with Crippen molar-refractivity contribution in [3.8, 4) is 17.2 Å². The van der Waals surface area contributed by atoms with Gasteiger partial charge in [0.25, 0.3) is 10.0 Å². The molecule has 0 radical (unpaired) electrons. The van der Waals surface area contributed by atoms with Gasteiger partial charge in [0.2, 0.25) is 0 Å². The average molecular weight is 561 g/mol. The van der Waals surface area contributed by atoms with Gasteiger partial charge in [-0.05, 0) is 62.0 Å². The standard InChI is InChI=1S/C24H21Cl2F3N2O4S/c1-31-11-10-18(14-31)35-23-12-15(2-8-20(23)24(27,28)29)30-36(32,33)19-6-3-16(4-7-19)34-17-5-9-21(25)22(26)13-17/h2-9,12-13,18,30H,10-11,14H2,1H3. The predicted octanol–water partition coefficient (Wildman–Crippen LogP) is 6.69. The Kier molecular flexibility index (Phi) is 7.61. The Morgan fingerprint density at radius 3 is 2.28 bits per heavy atom. The van der Waals surface area contributed by atoms with Crippen molar-refractivity contribution in [2.75, 3.05) is 24.9 Å². The second kappa shape index (κ2) is 10.4. The molecule has 3 aromatic carbocycles. The lowest BCUT2D eigenvalue weighted by molar-refractivity contribution is -0.139. The molecule has 0 saturated carbocycles. The van der Waals surface area contributed by atoms with Gasteiger partial charge >= 0.3 is 6.18 Å². The summed E-state index contributed by atoms with van der Waals surface area (Å²) in [5.74, 6) is 0.330. The summed E-state index contributed by atoms with van der Waals surface area (Å²) in [5, 5.41) is 0.668. The Bertz CT molecular complexity index is 1350. The first-order valence-electron chi connectivity index (χ1n) is 10.7. The Labute approximate surface area is 216 Å². The number of hydrogen-bond donors (Lipinski definition) is 1. The van der Waals surface area contributed by atoms with Crippen molar-refractivity contribution in [1.29, 1.82) is 0 Å². The van der Waals surface area contributed by atoms with Crippen LogP contribution in [0.15, 0.2) is 65.6 Å². The number of alkyl halides is 3. The van der Waals surface area contributed by atoms with E-state index in [2.05, 4.69) is 4.72 Å². The van der Waals surface area contributed by atoms with Crippen molar-refractivity contribution in [1.82, 2.24) is 4.90 Å². The second-order valence-corrected chi connectivity index (χ2v) is 10.8. The Hall–Kier alpha value is -2.66. The number of hydrogen-bond acceptors (Lipinski definition) is 5. The Balaban J connectivity index is 1.52. The van der Waals surface area contributed by atoms with Crippen LogP contribution in [0, 0.1) is 0 Å². The van der Waals surface area contributed by atoms with Crippen molar-refractivity contribution in [3.63, 3.8) is 0 Å². The van der Waals surface area contributed by atoms with Crippen LogP contribution in [0.2, 0.25) is 10.0 Å². The van der Waals surface area contributed by atoms with Crippen molar-refractivity contribution in [2.24, 2.45) is 0 Å². The van der Waals surface area contributed by atoms with Crippen molar-refractivity contribution in [3.05, 3.63) is 76.3 Å². The first-order valence-corrected chi connectivity index (χ1v) is 13.0. The molecule has 3 aromatic rings. The summed E-state index contributed by atoms with van der Waals surface area (Å²) < 4.78 is 79.9. The molecule has 1 heterocycles. The summed E-state index contributed by atoms with van der Waals surface area (Å²) in [5.41, 5.74) is -1.02. The van der Waals surface area contributed by atoms with Crippen molar-refractivity contribution in [2.45, 2.75) is 23.6 Å². The zero-order chi connectivity index (χ0) is 26.1. The lowest BCUT2D eigenvalue weighted by Crippen LogP contribution is -2.23. The van der Waals surface area contributed by atoms with Crippen molar-refractivity contribution < 1.29 is 31.1 Å². The molecule has 36 heavy (non-hydrogen) atoms. The summed E-state index contributed by atoms with van der Waals surface area (Å²) in [6.07, 6.45) is -4.51. The van der Waals surface area contributed by atoms with Gasteiger partial charge in [0.15, 0.2) is 0 Å². The molecule has 192 valence electrons. The molecule has 1 aliphatic heterocycles. The molecule has 0 amide bonds.